The molecule has 0 radical (unpaired) electrons. The second-order valence-corrected chi connectivity index (χ2v) is 7.02. The third-order valence-corrected chi connectivity index (χ3v) is 4.61. The van der Waals surface area contributed by atoms with Crippen molar-refractivity contribution in [1.29, 1.82) is 0 Å². The SMILES string of the molecule is O=C(Oc1ccc(/C=N/NC(=O)c2cc(-c3ccc(F)cc3)nc(=O)[nH]2)cc1)c1ccccc1. The topological polar surface area (TPSA) is 114 Å². The van der Waals surface area contributed by atoms with E-state index >= 15 is 0 Å². The third kappa shape index (κ3) is 5.65. The van der Waals surface area contributed by atoms with Crippen LogP contribution in [0, 0.1) is 5.82 Å². The summed E-state index contributed by atoms with van der Waals surface area (Å²) < 4.78 is 18.4. The normalized spacial score (nSPS) is 10.7. The highest BCUT2D eigenvalue weighted by Crippen LogP contribution is 2.17. The lowest BCUT2D eigenvalue weighted by molar-refractivity contribution is 0.0734. The number of H-pyrrole nitrogens is 1. The van der Waals surface area contributed by atoms with E-state index in [9.17, 15) is 18.8 Å². The fraction of sp³-hybridized carbons (Fsp3) is 0. The van der Waals surface area contributed by atoms with E-state index in [1.165, 1.54) is 36.5 Å². The second-order valence-electron chi connectivity index (χ2n) is 7.02. The van der Waals surface area contributed by atoms with Gasteiger partial charge in [0.15, 0.2) is 0 Å². The standard InChI is InChI=1S/C25H17FN4O4/c26-19-10-8-17(9-11-19)21-14-22(29-25(33)28-21)23(31)30-27-15-16-6-12-20(13-7-16)34-24(32)18-4-2-1-3-5-18/h1-15H,(H,30,31)(H,28,29,33)/b27-15+. The highest BCUT2D eigenvalue weighted by Gasteiger charge is 2.11. The molecule has 0 spiro atoms. The monoisotopic (exact) mass is 456 g/mol. The molecule has 0 fully saturated rings. The number of esters is 1. The minimum absolute atomic E-state index is 0.0559. The predicted octanol–water partition coefficient (Wildman–Crippen LogP) is 3.56. The number of carbonyl (C=O) groups is 2. The number of nitrogens with zero attached hydrogens (tertiary/aromatic N) is 2. The number of carbonyl (C=O) groups excluding carboxylic acids is 2. The number of rotatable bonds is 6. The first kappa shape index (κ1) is 22.3. The van der Waals surface area contributed by atoms with Crippen LogP contribution in [0.4, 0.5) is 4.39 Å². The van der Waals surface area contributed by atoms with Crippen molar-refractivity contribution in [3.05, 3.63) is 118 Å². The minimum atomic E-state index is -0.725. The molecule has 4 rings (SSSR count). The van der Waals surface area contributed by atoms with Crippen LogP contribution in [-0.2, 0) is 0 Å². The molecule has 0 saturated carbocycles. The van der Waals surface area contributed by atoms with Gasteiger partial charge in [0.2, 0.25) is 0 Å². The number of hydrazone groups is 1. The van der Waals surface area contributed by atoms with Crippen molar-refractivity contribution in [2.24, 2.45) is 5.10 Å². The van der Waals surface area contributed by atoms with E-state index in [1.54, 1.807) is 54.6 Å². The van der Waals surface area contributed by atoms with Crippen LogP contribution in [0.25, 0.3) is 11.3 Å². The maximum absolute atomic E-state index is 13.1. The van der Waals surface area contributed by atoms with Gasteiger partial charge in [-0.15, -0.1) is 0 Å². The van der Waals surface area contributed by atoms with Crippen molar-refractivity contribution >= 4 is 18.1 Å². The Hall–Kier alpha value is -4.92. The summed E-state index contributed by atoms with van der Waals surface area (Å²) in [5, 5.41) is 3.88. The number of hydrogen-bond donors (Lipinski definition) is 2. The van der Waals surface area contributed by atoms with Gasteiger partial charge in [-0.2, -0.15) is 10.1 Å². The summed E-state index contributed by atoms with van der Waals surface area (Å²) >= 11 is 0. The fourth-order valence-electron chi connectivity index (χ4n) is 2.94. The van der Waals surface area contributed by atoms with Gasteiger partial charge in [0.05, 0.1) is 17.5 Å². The van der Waals surface area contributed by atoms with Gasteiger partial charge in [0.1, 0.15) is 17.3 Å². The molecule has 0 aliphatic rings. The van der Waals surface area contributed by atoms with Crippen LogP contribution < -0.4 is 15.9 Å². The molecule has 2 N–H and O–H groups in total. The van der Waals surface area contributed by atoms with Gasteiger partial charge >= 0.3 is 11.7 Å². The van der Waals surface area contributed by atoms with Crippen LogP contribution in [0.15, 0.2) is 94.8 Å². The molecule has 34 heavy (non-hydrogen) atoms. The number of halogens is 1. The Morgan fingerprint density at radius 1 is 0.971 bits per heavy atom. The molecule has 9 heteroatoms. The van der Waals surface area contributed by atoms with Crippen LogP contribution in [0.5, 0.6) is 5.75 Å². The van der Waals surface area contributed by atoms with Crippen molar-refractivity contribution in [3.63, 3.8) is 0 Å². The molecule has 1 aromatic heterocycles. The summed E-state index contributed by atoms with van der Waals surface area (Å²) in [6.45, 7) is 0. The van der Waals surface area contributed by atoms with Crippen LogP contribution in [0.2, 0.25) is 0 Å². The Labute approximate surface area is 192 Å². The molecular weight excluding hydrogens is 439 g/mol. The van der Waals surface area contributed by atoms with Crippen molar-refractivity contribution < 1.29 is 18.7 Å². The van der Waals surface area contributed by atoms with Crippen molar-refractivity contribution in [3.8, 4) is 17.0 Å². The zero-order chi connectivity index (χ0) is 23.9. The Kier molecular flexibility index (Phi) is 6.64. The molecule has 0 atom stereocenters. The third-order valence-electron chi connectivity index (χ3n) is 4.61. The molecule has 0 unspecified atom stereocenters. The number of aromatic amines is 1. The molecule has 168 valence electrons. The summed E-state index contributed by atoms with van der Waals surface area (Å²) in [6.07, 6.45) is 1.39. The molecular formula is C25H17FN4O4. The van der Waals surface area contributed by atoms with E-state index in [4.69, 9.17) is 4.74 Å². The zero-order valence-corrected chi connectivity index (χ0v) is 17.6. The average molecular weight is 456 g/mol. The highest BCUT2D eigenvalue weighted by molar-refractivity contribution is 5.94. The van der Waals surface area contributed by atoms with Crippen molar-refractivity contribution in [2.75, 3.05) is 0 Å². The fourth-order valence-corrected chi connectivity index (χ4v) is 2.94. The van der Waals surface area contributed by atoms with Gasteiger partial charge < -0.3 is 9.72 Å². The first-order valence-electron chi connectivity index (χ1n) is 10.1. The summed E-state index contributed by atoms with van der Waals surface area (Å²) in [7, 11) is 0. The van der Waals surface area contributed by atoms with E-state index in [2.05, 4.69) is 20.5 Å². The summed E-state index contributed by atoms with van der Waals surface area (Å²) in [5.41, 5.74) is 3.31. The number of ether oxygens (including phenoxy) is 1. The molecule has 0 bridgehead atoms. The summed E-state index contributed by atoms with van der Waals surface area (Å²) in [6, 6.07) is 21.9. The molecule has 0 aliphatic heterocycles. The van der Waals surface area contributed by atoms with Gasteiger partial charge in [0, 0.05) is 5.56 Å². The van der Waals surface area contributed by atoms with Gasteiger partial charge in [0.25, 0.3) is 5.91 Å². The van der Waals surface area contributed by atoms with Crippen LogP contribution in [0.1, 0.15) is 26.4 Å². The zero-order valence-electron chi connectivity index (χ0n) is 17.6. The molecule has 0 aliphatic carbocycles. The minimum Gasteiger partial charge on any atom is -0.423 e. The molecule has 4 aromatic rings. The molecule has 3 aromatic carbocycles. The number of benzene rings is 3. The highest BCUT2D eigenvalue weighted by atomic mass is 19.1. The van der Waals surface area contributed by atoms with Gasteiger partial charge in [-0.1, -0.05) is 18.2 Å². The first-order valence-corrected chi connectivity index (χ1v) is 10.1. The number of amides is 1. The van der Waals surface area contributed by atoms with E-state index in [-0.39, 0.29) is 11.4 Å². The quantitative estimate of drug-likeness (QED) is 0.199. The van der Waals surface area contributed by atoms with Crippen LogP contribution in [-0.4, -0.2) is 28.1 Å². The summed E-state index contributed by atoms with van der Waals surface area (Å²) in [5.74, 6) is -1.20. The van der Waals surface area contributed by atoms with Crippen molar-refractivity contribution in [1.82, 2.24) is 15.4 Å². The van der Waals surface area contributed by atoms with Crippen LogP contribution in [0.3, 0.4) is 0 Å². The number of nitrogens with one attached hydrogen (secondary N) is 2. The Bertz CT molecular complexity index is 1400. The first-order chi connectivity index (χ1) is 16.5. The lowest BCUT2D eigenvalue weighted by Gasteiger charge is -2.05. The van der Waals surface area contributed by atoms with Crippen molar-refractivity contribution in [2.45, 2.75) is 0 Å². The molecule has 1 heterocycles. The number of hydrogen-bond acceptors (Lipinski definition) is 6. The lowest BCUT2D eigenvalue weighted by Crippen LogP contribution is -2.24. The Balaban J connectivity index is 1.39. The second kappa shape index (κ2) is 10.1. The average Bonchev–Trinajstić information content (AvgIpc) is 2.85. The maximum atomic E-state index is 13.1. The molecule has 0 saturated heterocycles. The Morgan fingerprint density at radius 3 is 2.38 bits per heavy atom. The maximum Gasteiger partial charge on any atom is 0.346 e. The van der Waals surface area contributed by atoms with E-state index < -0.39 is 23.4 Å². The molecule has 8 nitrogen and oxygen atoms in total. The molecule has 1 amide bonds. The van der Waals surface area contributed by atoms with E-state index in [0.717, 1.165) is 0 Å². The van der Waals surface area contributed by atoms with E-state index in [0.29, 0.717) is 22.4 Å². The smallest absolute Gasteiger partial charge is 0.346 e. The van der Waals surface area contributed by atoms with Gasteiger partial charge in [-0.05, 0) is 72.3 Å². The van der Waals surface area contributed by atoms with Gasteiger partial charge in [-0.3, -0.25) is 4.79 Å². The van der Waals surface area contributed by atoms with Crippen LogP contribution >= 0.6 is 0 Å². The lowest BCUT2D eigenvalue weighted by atomic mass is 10.1. The van der Waals surface area contributed by atoms with E-state index in [1.807, 2.05) is 0 Å². The Morgan fingerprint density at radius 2 is 1.68 bits per heavy atom. The van der Waals surface area contributed by atoms with Gasteiger partial charge in [-0.25, -0.2) is 19.4 Å². The summed E-state index contributed by atoms with van der Waals surface area (Å²) in [4.78, 5) is 42.5. The number of aromatic nitrogens is 2. The predicted molar refractivity (Wildman–Crippen MR) is 123 cm³/mol. The largest absolute Gasteiger partial charge is 0.423 e.